The molecule has 0 aliphatic carbocycles. The van der Waals surface area contributed by atoms with E-state index in [9.17, 15) is 19.2 Å². The van der Waals surface area contributed by atoms with Crippen LogP contribution in [0.15, 0.2) is 4.99 Å². The van der Waals surface area contributed by atoms with E-state index in [2.05, 4.69) is 20.9 Å². The number of carbonyl (C=O) groups excluding carboxylic acids is 3. The quantitative estimate of drug-likeness (QED) is 0.110. The second-order valence-corrected chi connectivity index (χ2v) is 5.57. The fraction of sp³-hybridized carbons (Fsp3) is 0.643. The summed E-state index contributed by atoms with van der Waals surface area (Å²) in [5.41, 5.74) is 15.6. The molecule has 26 heavy (non-hydrogen) atoms. The van der Waals surface area contributed by atoms with Gasteiger partial charge in [-0.3, -0.25) is 24.2 Å². The van der Waals surface area contributed by atoms with Gasteiger partial charge in [-0.1, -0.05) is 0 Å². The average molecular weight is 373 g/mol. The van der Waals surface area contributed by atoms with Gasteiger partial charge in [-0.2, -0.15) is 0 Å². The maximum absolute atomic E-state index is 12.3. The van der Waals surface area contributed by atoms with Gasteiger partial charge in [0.15, 0.2) is 5.96 Å². The number of rotatable bonds is 11. The molecule has 0 bridgehead atoms. The molecule has 0 saturated carbocycles. The highest BCUT2D eigenvalue weighted by Crippen LogP contribution is 2.00. The molecule has 12 nitrogen and oxygen atoms in total. The summed E-state index contributed by atoms with van der Waals surface area (Å²) in [5.74, 6) is -3.11. The van der Waals surface area contributed by atoms with Gasteiger partial charge in [-0.25, -0.2) is 0 Å². The van der Waals surface area contributed by atoms with Crippen LogP contribution in [0.5, 0.6) is 0 Å². The molecule has 0 aromatic heterocycles. The lowest BCUT2D eigenvalue weighted by Gasteiger charge is -2.21. The number of guanidine groups is 1. The van der Waals surface area contributed by atoms with Crippen molar-refractivity contribution in [3.63, 3.8) is 0 Å². The lowest BCUT2D eigenvalue weighted by atomic mass is 10.1. The predicted molar refractivity (Wildman–Crippen MR) is 93.7 cm³/mol. The van der Waals surface area contributed by atoms with Crippen LogP contribution in [-0.4, -0.2) is 66.0 Å². The van der Waals surface area contributed by atoms with Gasteiger partial charge in [-0.15, -0.1) is 0 Å². The van der Waals surface area contributed by atoms with E-state index in [1.165, 1.54) is 13.8 Å². The van der Waals surface area contributed by atoms with Gasteiger partial charge in [0.25, 0.3) is 0 Å². The van der Waals surface area contributed by atoms with E-state index in [-0.39, 0.29) is 25.5 Å². The first-order chi connectivity index (χ1) is 12.1. The molecule has 3 atom stereocenters. The van der Waals surface area contributed by atoms with Crippen molar-refractivity contribution < 1.29 is 24.3 Å². The first kappa shape index (κ1) is 23.1. The molecule has 0 aromatic carbocycles. The highest BCUT2D eigenvalue weighted by atomic mass is 16.4. The topological polar surface area (TPSA) is 215 Å². The van der Waals surface area contributed by atoms with Crippen LogP contribution in [0.4, 0.5) is 0 Å². The van der Waals surface area contributed by atoms with E-state index in [1.54, 1.807) is 0 Å². The second kappa shape index (κ2) is 11.6. The van der Waals surface area contributed by atoms with Crippen molar-refractivity contribution in [2.75, 3.05) is 13.1 Å². The van der Waals surface area contributed by atoms with Gasteiger partial charge in [-0.05, 0) is 26.7 Å². The molecular formula is C14H27N7O5. The van der Waals surface area contributed by atoms with Gasteiger partial charge in [0, 0.05) is 6.54 Å². The van der Waals surface area contributed by atoms with E-state index in [4.69, 9.17) is 22.3 Å². The summed E-state index contributed by atoms with van der Waals surface area (Å²) in [6.45, 7) is 2.65. The molecule has 0 rings (SSSR count). The molecule has 0 spiro atoms. The van der Waals surface area contributed by atoms with E-state index in [1.807, 2.05) is 0 Å². The molecule has 0 heterocycles. The molecule has 12 heteroatoms. The first-order valence-corrected chi connectivity index (χ1v) is 7.96. The van der Waals surface area contributed by atoms with Gasteiger partial charge in [0.05, 0.1) is 6.54 Å². The Morgan fingerprint density at radius 3 is 2.08 bits per heavy atom. The summed E-state index contributed by atoms with van der Waals surface area (Å²) in [7, 11) is 0. The zero-order valence-electron chi connectivity index (χ0n) is 14.8. The molecule has 148 valence electrons. The number of carboxylic acid groups (broad SMARTS) is 1. The Morgan fingerprint density at radius 1 is 1.00 bits per heavy atom. The van der Waals surface area contributed by atoms with Crippen LogP contribution >= 0.6 is 0 Å². The van der Waals surface area contributed by atoms with Crippen LogP contribution < -0.4 is 33.2 Å². The molecule has 10 N–H and O–H groups in total. The molecule has 0 fully saturated rings. The third-order valence-corrected chi connectivity index (χ3v) is 3.26. The summed E-state index contributed by atoms with van der Waals surface area (Å²) in [6.07, 6.45) is 0.617. The summed E-state index contributed by atoms with van der Waals surface area (Å²) >= 11 is 0. The molecule has 3 amide bonds. The van der Waals surface area contributed by atoms with Crippen molar-refractivity contribution in [1.29, 1.82) is 0 Å². The molecule has 0 saturated heterocycles. The number of amides is 3. The SMILES string of the molecule is CC(NC(=O)C(C)NC(=O)C(CCCN=C(N)N)NC(=O)CN)C(=O)O. The number of hydrogen-bond donors (Lipinski definition) is 7. The van der Waals surface area contributed by atoms with Crippen LogP contribution in [0.2, 0.25) is 0 Å². The molecular weight excluding hydrogens is 346 g/mol. The minimum absolute atomic E-state index is 0.0881. The Balaban J connectivity index is 4.77. The highest BCUT2D eigenvalue weighted by Gasteiger charge is 2.25. The summed E-state index contributed by atoms with van der Waals surface area (Å²) < 4.78 is 0. The lowest BCUT2D eigenvalue weighted by Crippen LogP contribution is -2.54. The second-order valence-electron chi connectivity index (χ2n) is 5.57. The summed E-state index contributed by atoms with van der Waals surface area (Å²) in [6, 6.07) is -3.04. The Morgan fingerprint density at radius 2 is 1.58 bits per heavy atom. The van der Waals surface area contributed by atoms with Gasteiger partial charge >= 0.3 is 5.97 Å². The van der Waals surface area contributed by atoms with E-state index < -0.39 is 41.8 Å². The van der Waals surface area contributed by atoms with E-state index in [0.717, 1.165) is 0 Å². The van der Waals surface area contributed by atoms with Crippen LogP contribution in [0, 0.1) is 0 Å². The average Bonchev–Trinajstić information content (AvgIpc) is 2.56. The zero-order valence-corrected chi connectivity index (χ0v) is 14.8. The van der Waals surface area contributed by atoms with Crippen LogP contribution in [0.3, 0.4) is 0 Å². The number of carbonyl (C=O) groups is 4. The molecule has 0 radical (unpaired) electrons. The smallest absolute Gasteiger partial charge is 0.325 e. The van der Waals surface area contributed by atoms with Crippen LogP contribution in [0.1, 0.15) is 26.7 Å². The number of nitrogens with one attached hydrogen (secondary N) is 3. The zero-order chi connectivity index (χ0) is 20.3. The Labute approximate surface area is 150 Å². The normalized spacial score (nSPS) is 13.7. The summed E-state index contributed by atoms with van der Waals surface area (Å²) in [5, 5.41) is 15.9. The number of nitrogens with two attached hydrogens (primary N) is 3. The summed E-state index contributed by atoms with van der Waals surface area (Å²) in [4.78, 5) is 50.2. The number of nitrogens with zero attached hydrogens (tertiary/aromatic N) is 1. The van der Waals surface area contributed by atoms with Crippen molar-refractivity contribution >= 4 is 29.7 Å². The van der Waals surface area contributed by atoms with E-state index in [0.29, 0.717) is 6.42 Å². The molecule has 3 unspecified atom stereocenters. The Hall–Kier alpha value is -2.89. The fourth-order valence-corrected chi connectivity index (χ4v) is 1.81. The largest absolute Gasteiger partial charge is 0.480 e. The molecule has 0 aromatic rings. The molecule has 0 aliphatic rings. The van der Waals surface area contributed by atoms with Crippen molar-refractivity contribution in [1.82, 2.24) is 16.0 Å². The van der Waals surface area contributed by atoms with Gasteiger partial charge < -0.3 is 38.3 Å². The number of carboxylic acids is 1. The minimum atomic E-state index is -1.20. The molecule has 0 aliphatic heterocycles. The van der Waals surface area contributed by atoms with Crippen molar-refractivity contribution in [3.8, 4) is 0 Å². The van der Waals surface area contributed by atoms with Gasteiger partial charge in [0.1, 0.15) is 18.1 Å². The predicted octanol–water partition coefficient (Wildman–Crippen LogP) is -3.42. The Bertz CT molecular complexity index is 548. The van der Waals surface area contributed by atoms with Crippen molar-refractivity contribution in [2.24, 2.45) is 22.2 Å². The van der Waals surface area contributed by atoms with Crippen molar-refractivity contribution in [3.05, 3.63) is 0 Å². The highest BCUT2D eigenvalue weighted by molar-refractivity contribution is 5.93. The number of aliphatic imine (C=N–C) groups is 1. The fourth-order valence-electron chi connectivity index (χ4n) is 1.81. The number of aliphatic carboxylic acids is 1. The number of hydrogen-bond acceptors (Lipinski definition) is 6. The lowest BCUT2D eigenvalue weighted by molar-refractivity contribution is -0.141. The maximum Gasteiger partial charge on any atom is 0.325 e. The third kappa shape index (κ3) is 9.42. The monoisotopic (exact) mass is 373 g/mol. The van der Waals surface area contributed by atoms with Crippen LogP contribution in [-0.2, 0) is 19.2 Å². The third-order valence-electron chi connectivity index (χ3n) is 3.26. The maximum atomic E-state index is 12.3. The minimum Gasteiger partial charge on any atom is -0.480 e. The van der Waals surface area contributed by atoms with Gasteiger partial charge in [0.2, 0.25) is 17.7 Å². The van der Waals surface area contributed by atoms with E-state index >= 15 is 0 Å². The first-order valence-electron chi connectivity index (χ1n) is 7.96. The van der Waals surface area contributed by atoms with Crippen molar-refractivity contribution in [2.45, 2.75) is 44.8 Å². The van der Waals surface area contributed by atoms with Crippen LogP contribution in [0.25, 0.3) is 0 Å². The Kier molecular flexibility index (Phi) is 10.3. The standard InChI is InChI=1S/C14H27N7O5/c1-7(11(23)20-8(2)13(25)26)19-12(24)9(21-10(22)6-15)4-3-5-18-14(16)17/h7-9H,3-6,15H2,1-2H3,(H,19,24)(H,20,23)(H,21,22)(H,25,26)(H4,16,17,18).